The van der Waals surface area contributed by atoms with Gasteiger partial charge in [0.25, 0.3) is 0 Å². The molecule has 0 unspecified atom stereocenters. The van der Waals surface area contributed by atoms with E-state index in [1.54, 1.807) is 0 Å². The lowest BCUT2D eigenvalue weighted by molar-refractivity contribution is 0.251. The van der Waals surface area contributed by atoms with Crippen LogP contribution < -0.4 is 9.86 Å². The molecule has 0 saturated carbocycles. The molecule has 3 N–H and O–H groups in total. The third-order valence-corrected chi connectivity index (χ3v) is 7.02. The molecule has 0 aliphatic carbocycles. The first-order valence-electron chi connectivity index (χ1n) is 8.67. The monoisotopic (exact) mass is 409 g/mol. The van der Waals surface area contributed by atoms with Gasteiger partial charge in [-0.1, -0.05) is 24.3 Å². The Kier molecular flexibility index (Phi) is 5.97. The van der Waals surface area contributed by atoms with E-state index in [9.17, 15) is 16.8 Å². The van der Waals surface area contributed by atoms with Gasteiger partial charge in [-0.25, -0.2) is 26.7 Å². The molecule has 0 saturated heterocycles. The van der Waals surface area contributed by atoms with Gasteiger partial charge in [0.05, 0.1) is 9.79 Å². The van der Waals surface area contributed by atoms with Crippen molar-refractivity contribution < 1.29 is 16.8 Å². The van der Waals surface area contributed by atoms with Crippen molar-refractivity contribution in [2.75, 3.05) is 19.6 Å². The van der Waals surface area contributed by atoms with Gasteiger partial charge in [-0.2, -0.15) is 0 Å². The number of nitrogens with zero attached hydrogens (tertiary/aromatic N) is 1. The molecular formula is C18H23N3O4S2. The highest BCUT2D eigenvalue weighted by Crippen LogP contribution is 2.18. The Bertz CT molecular complexity index is 1000. The number of nitrogens with one attached hydrogen (secondary N) is 1. The molecule has 0 aromatic heterocycles. The summed E-state index contributed by atoms with van der Waals surface area (Å²) >= 11 is 0. The first-order chi connectivity index (χ1) is 12.8. The summed E-state index contributed by atoms with van der Waals surface area (Å²) in [6.45, 7) is 2.98. The van der Waals surface area contributed by atoms with E-state index in [0.717, 1.165) is 26.1 Å². The van der Waals surface area contributed by atoms with Gasteiger partial charge in [-0.3, -0.25) is 4.90 Å². The maximum Gasteiger partial charge on any atom is 0.240 e. The Hall–Kier alpha value is -1.78. The number of primary sulfonamides is 1. The van der Waals surface area contributed by atoms with Gasteiger partial charge in [0.1, 0.15) is 0 Å². The smallest absolute Gasteiger partial charge is 0.240 e. The van der Waals surface area contributed by atoms with Crippen LogP contribution in [0.5, 0.6) is 0 Å². The molecule has 2 aromatic rings. The molecule has 7 nitrogen and oxygen atoms in total. The predicted octanol–water partition coefficient (Wildman–Crippen LogP) is 1.06. The number of nitrogens with two attached hydrogens (primary N) is 1. The summed E-state index contributed by atoms with van der Waals surface area (Å²) in [6, 6.07) is 13.2. The molecule has 0 spiro atoms. The Labute approximate surface area is 160 Å². The van der Waals surface area contributed by atoms with Crippen LogP contribution in [0, 0.1) is 0 Å². The Morgan fingerprint density at radius 3 is 2.22 bits per heavy atom. The average Bonchev–Trinajstić information content (AvgIpc) is 2.64. The van der Waals surface area contributed by atoms with Crippen LogP contribution in [0.2, 0.25) is 0 Å². The summed E-state index contributed by atoms with van der Waals surface area (Å²) in [6.07, 6.45) is 1.70. The van der Waals surface area contributed by atoms with E-state index in [1.165, 1.54) is 35.4 Å². The van der Waals surface area contributed by atoms with Crippen molar-refractivity contribution in [1.82, 2.24) is 9.62 Å². The third kappa shape index (κ3) is 5.14. The second kappa shape index (κ2) is 8.07. The van der Waals surface area contributed by atoms with Crippen LogP contribution in [0.3, 0.4) is 0 Å². The minimum absolute atomic E-state index is 0.0156. The Morgan fingerprint density at radius 1 is 0.926 bits per heavy atom. The molecule has 1 aliphatic heterocycles. The highest BCUT2D eigenvalue weighted by molar-refractivity contribution is 7.89. The van der Waals surface area contributed by atoms with E-state index in [1.807, 2.05) is 6.07 Å². The Morgan fingerprint density at radius 2 is 1.56 bits per heavy atom. The molecule has 0 atom stereocenters. The minimum Gasteiger partial charge on any atom is -0.299 e. The number of hydrogen-bond donors (Lipinski definition) is 2. The van der Waals surface area contributed by atoms with Gasteiger partial charge in [0, 0.05) is 19.6 Å². The normalized spacial score (nSPS) is 15.4. The Balaban J connectivity index is 1.50. The van der Waals surface area contributed by atoms with E-state index < -0.39 is 20.0 Å². The third-order valence-electron chi connectivity index (χ3n) is 4.62. The van der Waals surface area contributed by atoms with E-state index in [4.69, 9.17) is 5.14 Å². The van der Waals surface area contributed by atoms with Crippen molar-refractivity contribution >= 4 is 20.0 Å². The zero-order valence-electron chi connectivity index (χ0n) is 14.8. The van der Waals surface area contributed by atoms with Crippen LogP contribution in [-0.4, -0.2) is 41.4 Å². The number of hydrogen-bond acceptors (Lipinski definition) is 5. The highest BCUT2D eigenvalue weighted by Gasteiger charge is 2.17. The maximum atomic E-state index is 12.3. The standard InChI is InChI=1S/C18H23N3O4S2/c19-26(22,23)17-6-8-18(9-7-17)27(24,25)20-11-3-12-21-13-10-15-4-1-2-5-16(15)14-21/h1-2,4-9,20H,3,10-14H2,(H2,19,22,23). The molecule has 9 heteroatoms. The minimum atomic E-state index is -3.84. The fourth-order valence-electron chi connectivity index (χ4n) is 3.15. The van der Waals surface area contributed by atoms with Crippen LogP contribution in [0.25, 0.3) is 0 Å². The number of sulfonamides is 2. The molecule has 146 valence electrons. The summed E-state index contributed by atoms with van der Waals surface area (Å²) in [4.78, 5) is 2.21. The SMILES string of the molecule is NS(=O)(=O)c1ccc(S(=O)(=O)NCCCN2CCc3ccccc3C2)cc1. The fourth-order valence-corrected chi connectivity index (χ4v) is 4.74. The summed E-state index contributed by atoms with van der Waals surface area (Å²) in [7, 11) is -7.52. The average molecular weight is 410 g/mol. The second-order valence-electron chi connectivity index (χ2n) is 6.56. The van der Waals surface area contributed by atoms with Gasteiger partial charge in [-0.05, 0) is 54.8 Å². The highest BCUT2D eigenvalue weighted by atomic mass is 32.2. The van der Waals surface area contributed by atoms with Crippen LogP contribution in [0.15, 0.2) is 58.3 Å². The van der Waals surface area contributed by atoms with E-state index in [-0.39, 0.29) is 9.79 Å². The zero-order valence-corrected chi connectivity index (χ0v) is 16.5. The summed E-state index contributed by atoms with van der Waals surface area (Å²) in [5, 5.41) is 5.02. The van der Waals surface area contributed by atoms with Crippen molar-refractivity contribution in [3.63, 3.8) is 0 Å². The zero-order chi connectivity index (χ0) is 19.5. The van der Waals surface area contributed by atoms with Gasteiger partial charge < -0.3 is 0 Å². The quantitative estimate of drug-likeness (QED) is 0.665. The van der Waals surface area contributed by atoms with Crippen molar-refractivity contribution in [3.05, 3.63) is 59.7 Å². The second-order valence-corrected chi connectivity index (χ2v) is 9.89. The molecule has 27 heavy (non-hydrogen) atoms. The fraction of sp³-hybridized carbons (Fsp3) is 0.333. The maximum absolute atomic E-state index is 12.3. The molecule has 2 aromatic carbocycles. The predicted molar refractivity (Wildman–Crippen MR) is 103 cm³/mol. The topological polar surface area (TPSA) is 110 Å². The lowest BCUT2D eigenvalue weighted by Gasteiger charge is -2.28. The number of benzene rings is 2. The lowest BCUT2D eigenvalue weighted by Crippen LogP contribution is -2.33. The van der Waals surface area contributed by atoms with Crippen LogP contribution in [-0.2, 0) is 33.0 Å². The van der Waals surface area contributed by atoms with E-state index in [2.05, 4.69) is 27.8 Å². The summed E-state index contributed by atoms with van der Waals surface area (Å²) in [5.41, 5.74) is 2.72. The van der Waals surface area contributed by atoms with E-state index >= 15 is 0 Å². The first kappa shape index (κ1) is 20.0. The van der Waals surface area contributed by atoms with Crippen LogP contribution in [0.4, 0.5) is 0 Å². The largest absolute Gasteiger partial charge is 0.299 e. The van der Waals surface area contributed by atoms with Crippen molar-refractivity contribution in [1.29, 1.82) is 0 Å². The first-order valence-corrected chi connectivity index (χ1v) is 11.7. The molecular weight excluding hydrogens is 386 g/mol. The van der Waals surface area contributed by atoms with Gasteiger partial charge >= 0.3 is 0 Å². The van der Waals surface area contributed by atoms with E-state index in [0.29, 0.717) is 13.0 Å². The van der Waals surface area contributed by atoms with Crippen molar-refractivity contribution in [2.24, 2.45) is 5.14 Å². The van der Waals surface area contributed by atoms with Crippen molar-refractivity contribution in [3.8, 4) is 0 Å². The number of rotatable bonds is 7. The molecule has 1 aliphatic rings. The molecule has 0 radical (unpaired) electrons. The molecule has 3 rings (SSSR count). The molecule has 0 amide bonds. The van der Waals surface area contributed by atoms with Gasteiger partial charge in [0.2, 0.25) is 20.0 Å². The van der Waals surface area contributed by atoms with Gasteiger partial charge in [0.15, 0.2) is 0 Å². The van der Waals surface area contributed by atoms with Gasteiger partial charge in [-0.15, -0.1) is 0 Å². The molecule has 0 fully saturated rings. The van der Waals surface area contributed by atoms with Crippen LogP contribution in [0.1, 0.15) is 17.5 Å². The lowest BCUT2D eigenvalue weighted by atomic mass is 10.00. The molecule has 1 heterocycles. The molecule has 0 bridgehead atoms. The number of fused-ring (bicyclic) bond motifs is 1. The van der Waals surface area contributed by atoms with Crippen LogP contribution >= 0.6 is 0 Å². The summed E-state index contributed by atoms with van der Waals surface area (Å²) < 4.78 is 49.6. The van der Waals surface area contributed by atoms with Crippen molar-refractivity contribution in [2.45, 2.75) is 29.2 Å². The summed E-state index contributed by atoms with van der Waals surface area (Å²) in [5.74, 6) is 0.